The van der Waals surface area contributed by atoms with Gasteiger partial charge in [0.05, 0.1) is 16.0 Å². The van der Waals surface area contributed by atoms with Crippen molar-refractivity contribution in [1.82, 2.24) is 13.6 Å². The normalized spacial score (nSPS) is 16.3. The lowest BCUT2D eigenvalue weighted by molar-refractivity contribution is 0.181. The van der Waals surface area contributed by atoms with Crippen LogP contribution < -0.4 is 0 Å². The number of hydrogen-bond donors (Lipinski definition) is 0. The fourth-order valence-corrected chi connectivity index (χ4v) is 5.24. The van der Waals surface area contributed by atoms with Crippen LogP contribution in [0.3, 0.4) is 0 Å². The molecule has 144 valence electrons. The molecule has 0 saturated carbocycles. The number of pyridine rings is 1. The van der Waals surface area contributed by atoms with Gasteiger partial charge >= 0.3 is 0 Å². The standard InChI is InChI=1S/C20H19BrN4O2S/c21-17-4-6-18(7-5-17)28(26,27)25-11-9-23(10-12-25)14-16-15-24-8-2-1-3-20(24)19(16)13-22/h1-8,15H,9-12,14H2. The van der Waals surface area contributed by atoms with E-state index in [1.54, 1.807) is 24.3 Å². The van der Waals surface area contributed by atoms with Gasteiger partial charge in [-0.3, -0.25) is 4.90 Å². The summed E-state index contributed by atoms with van der Waals surface area (Å²) in [7, 11) is -3.48. The molecule has 3 heterocycles. The fourth-order valence-electron chi connectivity index (χ4n) is 3.55. The maximum absolute atomic E-state index is 12.8. The lowest BCUT2D eigenvalue weighted by Gasteiger charge is -2.33. The van der Waals surface area contributed by atoms with Gasteiger partial charge in [0.2, 0.25) is 10.0 Å². The molecule has 0 radical (unpaired) electrons. The van der Waals surface area contributed by atoms with E-state index in [0.29, 0.717) is 43.2 Å². The predicted molar refractivity (Wildman–Crippen MR) is 110 cm³/mol. The lowest BCUT2D eigenvalue weighted by Crippen LogP contribution is -2.48. The number of halogens is 1. The summed E-state index contributed by atoms with van der Waals surface area (Å²) in [5.41, 5.74) is 2.56. The van der Waals surface area contributed by atoms with Crippen LogP contribution in [0.4, 0.5) is 0 Å². The molecule has 1 fully saturated rings. The molecule has 1 aromatic carbocycles. The van der Waals surface area contributed by atoms with E-state index in [-0.39, 0.29) is 0 Å². The smallest absolute Gasteiger partial charge is 0.243 e. The van der Waals surface area contributed by atoms with Crippen molar-refractivity contribution in [3.05, 3.63) is 70.5 Å². The van der Waals surface area contributed by atoms with Gasteiger partial charge in [-0.25, -0.2) is 8.42 Å². The Balaban J connectivity index is 1.46. The van der Waals surface area contributed by atoms with E-state index in [4.69, 9.17) is 0 Å². The molecule has 0 amide bonds. The SMILES string of the molecule is N#Cc1c(CN2CCN(S(=O)(=O)c3ccc(Br)cc3)CC2)cn2ccccc12. The molecule has 6 nitrogen and oxygen atoms in total. The van der Waals surface area contributed by atoms with Crippen LogP contribution in [0, 0.1) is 11.3 Å². The molecule has 0 N–H and O–H groups in total. The van der Waals surface area contributed by atoms with Crippen LogP contribution in [0.2, 0.25) is 0 Å². The monoisotopic (exact) mass is 458 g/mol. The van der Waals surface area contributed by atoms with Crippen LogP contribution >= 0.6 is 15.9 Å². The predicted octanol–water partition coefficient (Wildman–Crippen LogP) is 3.08. The third kappa shape index (κ3) is 3.59. The Kier molecular flexibility index (Phi) is 5.25. The second kappa shape index (κ2) is 7.68. The van der Waals surface area contributed by atoms with E-state index in [9.17, 15) is 13.7 Å². The summed E-state index contributed by atoms with van der Waals surface area (Å²) in [6.07, 6.45) is 3.92. The van der Waals surface area contributed by atoms with Crippen molar-refractivity contribution < 1.29 is 8.42 Å². The van der Waals surface area contributed by atoms with Crippen LogP contribution in [0.15, 0.2) is 64.2 Å². The van der Waals surface area contributed by atoms with Crippen LogP contribution in [-0.2, 0) is 16.6 Å². The van der Waals surface area contributed by atoms with Gasteiger partial charge in [-0.15, -0.1) is 0 Å². The third-order valence-corrected chi connectivity index (χ3v) is 7.49. The molecule has 1 aliphatic rings. The summed E-state index contributed by atoms with van der Waals surface area (Å²) in [5.74, 6) is 0. The zero-order chi connectivity index (χ0) is 19.7. The van der Waals surface area contributed by atoms with Crippen molar-refractivity contribution in [2.24, 2.45) is 0 Å². The van der Waals surface area contributed by atoms with Gasteiger partial charge in [0, 0.05) is 55.2 Å². The second-order valence-electron chi connectivity index (χ2n) is 6.77. The topological polar surface area (TPSA) is 68.8 Å². The average molecular weight is 459 g/mol. The largest absolute Gasteiger partial charge is 0.322 e. The number of sulfonamides is 1. The summed E-state index contributed by atoms with van der Waals surface area (Å²) < 4.78 is 30.0. The first kappa shape index (κ1) is 19.2. The number of benzene rings is 1. The first-order chi connectivity index (χ1) is 13.5. The van der Waals surface area contributed by atoms with Crippen LogP contribution in [0.25, 0.3) is 5.52 Å². The maximum Gasteiger partial charge on any atom is 0.243 e. The summed E-state index contributed by atoms with van der Waals surface area (Å²) >= 11 is 3.33. The van der Waals surface area contributed by atoms with Crippen molar-refractivity contribution in [1.29, 1.82) is 5.26 Å². The maximum atomic E-state index is 12.8. The first-order valence-corrected chi connectivity index (χ1v) is 11.2. The molecule has 28 heavy (non-hydrogen) atoms. The molecule has 2 aromatic heterocycles. The zero-order valence-electron chi connectivity index (χ0n) is 15.1. The van der Waals surface area contributed by atoms with E-state index in [2.05, 4.69) is 26.9 Å². The van der Waals surface area contributed by atoms with E-state index < -0.39 is 10.0 Å². The van der Waals surface area contributed by atoms with E-state index in [1.165, 1.54) is 4.31 Å². The molecular weight excluding hydrogens is 440 g/mol. The number of piperazine rings is 1. The molecule has 0 unspecified atom stereocenters. The highest BCUT2D eigenvalue weighted by Crippen LogP contribution is 2.23. The van der Waals surface area contributed by atoms with Crippen molar-refractivity contribution in [3.63, 3.8) is 0 Å². The molecule has 1 saturated heterocycles. The van der Waals surface area contributed by atoms with E-state index >= 15 is 0 Å². The van der Waals surface area contributed by atoms with Crippen molar-refractivity contribution in [2.75, 3.05) is 26.2 Å². The van der Waals surface area contributed by atoms with Gasteiger partial charge in [0.15, 0.2) is 0 Å². The summed E-state index contributed by atoms with van der Waals surface area (Å²) in [6.45, 7) is 2.78. The number of rotatable bonds is 4. The second-order valence-corrected chi connectivity index (χ2v) is 9.62. The number of hydrogen-bond acceptors (Lipinski definition) is 4. The Labute approximate surface area is 172 Å². The molecule has 1 aliphatic heterocycles. The fraction of sp³-hybridized carbons (Fsp3) is 0.250. The lowest BCUT2D eigenvalue weighted by atomic mass is 10.1. The van der Waals surface area contributed by atoms with Crippen LogP contribution in [-0.4, -0.2) is 48.2 Å². The summed E-state index contributed by atoms with van der Waals surface area (Å²) in [6, 6.07) is 14.8. The Morgan fingerprint density at radius 1 is 1.04 bits per heavy atom. The van der Waals surface area contributed by atoms with Gasteiger partial charge in [-0.05, 0) is 36.4 Å². The quantitative estimate of drug-likeness (QED) is 0.602. The Bertz CT molecular complexity index is 1140. The Morgan fingerprint density at radius 3 is 2.43 bits per heavy atom. The Morgan fingerprint density at radius 2 is 1.75 bits per heavy atom. The molecule has 0 bridgehead atoms. The minimum Gasteiger partial charge on any atom is -0.322 e. The Hall–Kier alpha value is -2.18. The molecule has 3 aromatic rings. The number of nitrogens with zero attached hydrogens (tertiary/aromatic N) is 4. The van der Waals surface area contributed by atoms with Gasteiger partial charge in [-0.2, -0.15) is 9.57 Å². The third-order valence-electron chi connectivity index (χ3n) is 5.05. The molecular formula is C20H19BrN4O2S. The van der Waals surface area contributed by atoms with Crippen molar-refractivity contribution in [2.45, 2.75) is 11.4 Å². The molecule has 8 heteroatoms. The molecule has 0 spiro atoms. The summed E-state index contributed by atoms with van der Waals surface area (Å²) in [5, 5.41) is 9.56. The molecule has 4 rings (SSSR count). The highest BCUT2D eigenvalue weighted by molar-refractivity contribution is 9.10. The highest BCUT2D eigenvalue weighted by Gasteiger charge is 2.28. The highest BCUT2D eigenvalue weighted by atomic mass is 79.9. The molecule has 0 atom stereocenters. The van der Waals surface area contributed by atoms with E-state index in [1.807, 2.05) is 35.0 Å². The number of aromatic nitrogens is 1. The minimum absolute atomic E-state index is 0.314. The summed E-state index contributed by atoms with van der Waals surface area (Å²) in [4.78, 5) is 2.51. The van der Waals surface area contributed by atoms with Crippen molar-refractivity contribution >= 4 is 31.5 Å². The molecule has 0 aliphatic carbocycles. The number of fused-ring (bicyclic) bond motifs is 1. The minimum atomic E-state index is -3.48. The van der Waals surface area contributed by atoms with Gasteiger partial charge in [-0.1, -0.05) is 22.0 Å². The van der Waals surface area contributed by atoms with Gasteiger partial charge in [0.25, 0.3) is 0 Å². The average Bonchev–Trinajstić information content (AvgIpc) is 3.05. The van der Waals surface area contributed by atoms with Gasteiger partial charge in [0.1, 0.15) is 6.07 Å². The zero-order valence-corrected chi connectivity index (χ0v) is 17.5. The van der Waals surface area contributed by atoms with Gasteiger partial charge < -0.3 is 4.40 Å². The van der Waals surface area contributed by atoms with E-state index in [0.717, 1.165) is 15.6 Å². The van der Waals surface area contributed by atoms with Crippen molar-refractivity contribution in [3.8, 4) is 6.07 Å². The number of nitriles is 1. The van der Waals surface area contributed by atoms with Crippen LogP contribution in [0.1, 0.15) is 11.1 Å². The first-order valence-electron chi connectivity index (χ1n) is 8.96. The van der Waals surface area contributed by atoms with Crippen LogP contribution in [0.5, 0.6) is 0 Å².